The Morgan fingerprint density at radius 3 is 2.26 bits per heavy atom. The molecule has 176 valence electrons. The van der Waals surface area contributed by atoms with Crippen LogP contribution in [0.2, 0.25) is 0 Å². The van der Waals surface area contributed by atoms with Gasteiger partial charge in [-0.2, -0.15) is 11.8 Å². The van der Waals surface area contributed by atoms with Crippen molar-refractivity contribution >= 4 is 41.4 Å². The molecule has 0 aromatic carbocycles. The number of carbonyl (C=O) groups excluding carboxylic acids is 4. The molecular formula is C18H31N5O7S. The molecule has 13 heteroatoms. The smallest absolute Gasteiger partial charge is 0.326 e. The van der Waals surface area contributed by atoms with Crippen LogP contribution in [0.25, 0.3) is 0 Å². The van der Waals surface area contributed by atoms with Gasteiger partial charge in [0.05, 0.1) is 18.6 Å². The highest BCUT2D eigenvalue weighted by atomic mass is 32.2. The zero-order valence-corrected chi connectivity index (χ0v) is 18.4. The number of nitrogens with two attached hydrogens (primary N) is 1. The lowest BCUT2D eigenvalue weighted by atomic mass is 10.1. The second kappa shape index (κ2) is 13.1. The minimum absolute atomic E-state index is 0.159. The summed E-state index contributed by atoms with van der Waals surface area (Å²) in [7, 11) is 0. The highest BCUT2D eigenvalue weighted by Crippen LogP contribution is 2.07. The Bertz CT molecular complexity index is 670. The van der Waals surface area contributed by atoms with Crippen molar-refractivity contribution in [2.45, 2.75) is 62.9 Å². The summed E-state index contributed by atoms with van der Waals surface area (Å²) in [5.74, 6) is -3.93. The number of amides is 4. The lowest BCUT2D eigenvalue weighted by molar-refractivity contribution is -0.144. The number of carbonyl (C=O) groups is 5. The molecule has 0 aromatic heterocycles. The summed E-state index contributed by atoms with van der Waals surface area (Å²) in [5, 5.41) is 29.3. The molecule has 0 saturated carbocycles. The van der Waals surface area contributed by atoms with Crippen molar-refractivity contribution in [3.8, 4) is 0 Å². The van der Waals surface area contributed by atoms with Gasteiger partial charge in [0.1, 0.15) is 18.1 Å². The molecule has 0 spiro atoms. The summed E-state index contributed by atoms with van der Waals surface area (Å²) < 4.78 is 0. The van der Waals surface area contributed by atoms with E-state index in [2.05, 4.69) is 21.3 Å². The molecule has 0 bridgehead atoms. The van der Waals surface area contributed by atoms with Gasteiger partial charge in [-0.1, -0.05) is 0 Å². The second-order valence-corrected chi connectivity index (χ2v) is 8.27. The lowest BCUT2D eigenvalue weighted by Crippen LogP contribution is -2.59. The Hall–Kier alpha value is -2.38. The van der Waals surface area contributed by atoms with Gasteiger partial charge in [-0.25, -0.2) is 4.79 Å². The van der Waals surface area contributed by atoms with Gasteiger partial charge in [-0.05, 0) is 44.7 Å². The fourth-order valence-corrected chi connectivity index (χ4v) is 3.48. The molecule has 1 saturated heterocycles. The van der Waals surface area contributed by atoms with Crippen molar-refractivity contribution in [2.24, 2.45) is 5.73 Å². The summed E-state index contributed by atoms with van der Waals surface area (Å²) in [6.07, 6.45) is 1.52. The van der Waals surface area contributed by atoms with E-state index in [0.717, 1.165) is 6.42 Å². The van der Waals surface area contributed by atoms with Crippen molar-refractivity contribution in [3.63, 3.8) is 0 Å². The van der Waals surface area contributed by atoms with Crippen molar-refractivity contribution < 1.29 is 34.2 Å². The standard InChI is InChI=1S/C18H31N5O7S/c1-9(24)14(23-15(26)10-4-3-6-20-10)17(28)21-11(5-7-31-2)16(27)22-12(18(29)30)8-13(19)25/h9-12,14,20,24H,3-8H2,1-2H3,(H2,19,25)(H,21,28)(H,22,27)(H,23,26)(H,29,30). The van der Waals surface area contributed by atoms with Gasteiger partial charge in [0.2, 0.25) is 23.6 Å². The van der Waals surface area contributed by atoms with E-state index in [1.807, 2.05) is 0 Å². The second-order valence-electron chi connectivity index (χ2n) is 7.29. The van der Waals surface area contributed by atoms with E-state index in [1.165, 1.54) is 18.7 Å². The van der Waals surface area contributed by atoms with Crippen molar-refractivity contribution in [3.05, 3.63) is 0 Å². The molecule has 1 aliphatic heterocycles. The topological polar surface area (TPSA) is 200 Å². The molecule has 5 unspecified atom stereocenters. The first-order valence-corrected chi connectivity index (χ1v) is 11.3. The van der Waals surface area contributed by atoms with E-state index in [9.17, 15) is 34.2 Å². The largest absolute Gasteiger partial charge is 0.480 e. The fourth-order valence-electron chi connectivity index (χ4n) is 3.01. The maximum absolute atomic E-state index is 12.7. The molecule has 5 atom stereocenters. The van der Waals surface area contributed by atoms with Crippen LogP contribution in [-0.2, 0) is 24.0 Å². The molecular weight excluding hydrogens is 430 g/mol. The van der Waals surface area contributed by atoms with E-state index >= 15 is 0 Å². The quantitative estimate of drug-likeness (QED) is 0.152. The maximum atomic E-state index is 12.7. The minimum atomic E-state index is -1.54. The summed E-state index contributed by atoms with van der Waals surface area (Å²) >= 11 is 1.40. The van der Waals surface area contributed by atoms with E-state index in [4.69, 9.17) is 5.73 Å². The van der Waals surface area contributed by atoms with Crippen LogP contribution < -0.4 is 27.0 Å². The van der Waals surface area contributed by atoms with E-state index < -0.39 is 66.3 Å². The number of primary amides is 1. The van der Waals surface area contributed by atoms with Crippen LogP contribution in [0.1, 0.15) is 32.6 Å². The number of nitrogens with one attached hydrogen (secondary N) is 4. The number of aliphatic hydroxyl groups is 1. The number of hydrogen-bond acceptors (Lipinski definition) is 8. The number of carboxylic acid groups (broad SMARTS) is 1. The molecule has 1 rings (SSSR count). The Labute approximate surface area is 184 Å². The van der Waals surface area contributed by atoms with Crippen molar-refractivity contribution in [1.29, 1.82) is 0 Å². The van der Waals surface area contributed by atoms with Crippen LogP contribution in [-0.4, -0.2) is 88.6 Å². The molecule has 12 nitrogen and oxygen atoms in total. The number of aliphatic hydroxyl groups excluding tert-OH is 1. The SMILES string of the molecule is CSCCC(NC(=O)C(NC(=O)C1CCCN1)C(C)O)C(=O)NC(CC(N)=O)C(=O)O. The normalized spacial score (nSPS) is 19.5. The summed E-state index contributed by atoms with van der Waals surface area (Å²) in [4.78, 5) is 60.0. The average molecular weight is 462 g/mol. The van der Waals surface area contributed by atoms with Crippen molar-refractivity contribution in [1.82, 2.24) is 21.3 Å². The highest BCUT2D eigenvalue weighted by molar-refractivity contribution is 7.98. The van der Waals surface area contributed by atoms with Crippen molar-refractivity contribution in [2.75, 3.05) is 18.6 Å². The Kier molecular flexibility index (Phi) is 11.3. The molecule has 8 N–H and O–H groups in total. The number of hydrogen-bond donors (Lipinski definition) is 7. The number of aliphatic carboxylic acids is 1. The summed E-state index contributed by atoms with van der Waals surface area (Å²) in [5.41, 5.74) is 5.02. The number of rotatable bonds is 13. The first kappa shape index (κ1) is 26.7. The lowest BCUT2D eigenvalue weighted by Gasteiger charge is -2.26. The molecule has 0 aromatic rings. The van der Waals surface area contributed by atoms with Crippen LogP contribution in [0.4, 0.5) is 0 Å². The van der Waals surface area contributed by atoms with Gasteiger partial charge in [0.25, 0.3) is 0 Å². The van der Waals surface area contributed by atoms with E-state index in [1.54, 1.807) is 6.26 Å². The third kappa shape index (κ3) is 9.11. The Balaban J connectivity index is 2.86. The Morgan fingerprint density at radius 2 is 1.77 bits per heavy atom. The molecule has 1 heterocycles. The highest BCUT2D eigenvalue weighted by Gasteiger charge is 2.33. The van der Waals surface area contributed by atoms with Gasteiger partial charge in [0.15, 0.2) is 0 Å². The zero-order chi connectivity index (χ0) is 23.6. The molecule has 1 aliphatic rings. The zero-order valence-electron chi connectivity index (χ0n) is 17.6. The van der Waals surface area contributed by atoms with Gasteiger partial charge in [0, 0.05) is 0 Å². The van der Waals surface area contributed by atoms with Gasteiger partial charge in [-0.15, -0.1) is 0 Å². The van der Waals surface area contributed by atoms with Gasteiger partial charge >= 0.3 is 5.97 Å². The first-order valence-electron chi connectivity index (χ1n) is 9.89. The van der Waals surface area contributed by atoms with Gasteiger partial charge < -0.3 is 37.2 Å². The van der Waals surface area contributed by atoms with Crippen LogP contribution in [0.15, 0.2) is 0 Å². The fraction of sp³-hybridized carbons (Fsp3) is 0.722. The van der Waals surface area contributed by atoms with E-state index in [0.29, 0.717) is 18.7 Å². The first-order chi connectivity index (χ1) is 14.6. The minimum Gasteiger partial charge on any atom is -0.480 e. The Morgan fingerprint density at radius 1 is 1.13 bits per heavy atom. The monoisotopic (exact) mass is 461 g/mol. The summed E-state index contributed by atoms with van der Waals surface area (Å²) in [6, 6.07) is -4.45. The third-order valence-electron chi connectivity index (χ3n) is 4.70. The molecule has 4 amide bonds. The predicted molar refractivity (Wildman–Crippen MR) is 113 cm³/mol. The van der Waals surface area contributed by atoms with Crippen LogP contribution in [0.5, 0.6) is 0 Å². The molecule has 31 heavy (non-hydrogen) atoms. The van der Waals surface area contributed by atoms with Crippen LogP contribution in [0, 0.1) is 0 Å². The maximum Gasteiger partial charge on any atom is 0.326 e. The van der Waals surface area contributed by atoms with Crippen LogP contribution in [0.3, 0.4) is 0 Å². The molecule has 0 radical (unpaired) electrons. The number of carboxylic acids is 1. The van der Waals surface area contributed by atoms with Gasteiger partial charge in [-0.3, -0.25) is 19.2 Å². The third-order valence-corrected chi connectivity index (χ3v) is 5.35. The molecule has 1 fully saturated rings. The molecule has 0 aliphatic carbocycles. The predicted octanol–water partition coefficient (Wildman–Crippen LogP) is -2.71. The number of thioether (sulfide) groups is 1. The summed E-state index contributed by atoms with van der Waals surface area (Å²) in [6.45, 7) is 2.01. The van der Waals surface area contributed by atoms with E-state index in [-0.39, 0.29) is 6.42 Å². The average Bonchev–Trinajstić information content (AvgIpc) is 3.22. The van der Waals surface area contributed by atoms with Crippen LogP contribution >= 0.6 is 11.8 Å².